The summed E-state index contributed by atoms with van der Waals surface area (Å²) in [5.41, 5.74) is -2.65. The van der Waals surface area contributed by atoms with Crippen LogP contribution in [0.1, 0.15) is 26.5 Å². The summed E-state index contributed by atoms with van der Waals surface area (Å²) in [5, 5.41) is 22.4. The minimum absolute atomic E-state index is 0.0590. The summed E-state index contributed by atoms with van der Waals surface area (Å²) in [7, 11) is 0. The van der Waals surface area contributed by atoms with E-state index in [-0.39, 0.29) is 33.9 Å². The Morgan fingerprint density at radius 2 is 1.77 bits per heavy atom. The highest BCUT2D eigenvalue weighted by molar-refractivity contribution is 9.10. The molecule has 0 aliphatic carbocycles. The number of carboxylic acids is 2. The molecule has 3 aromatic rings. The maximum atomic E-state index is 13.7. The van der Waals surface area contributed by atoms with Crippen LogP contribution in [0.15, 0.2) is 74.2 Å². The number of carbonyl (C=O) groups excluding carboxylic acids is 1. The lowest BCUT2D eigenvalue weighted by Crippen LogP contribution is -2.25. The molecule has 1 aliphatic rings. The van der Waals surface area contributed by atoms with Crippen molar-refractivity contribution in [1.82, 2.24) is 0 Å². The van der Waals surface area contributed by atoms with E-state index in [0.717, 1.165) is 12.1 Å². The van der Waals surface area contributed by atoms with Gasteiger partial charge >= 0.3 is 18.1 Å². The molecule has 178 valence electrons. The van der Waals surface area contributed by atoms with Gasteiger partial charge in [0.25, 0.3) is 5.91 Å². The average Bonchev–Trinajstić information content (AvgIpc) is 3.38. The first-order valence-corrected chi connectivity index (χ1v) is 10.4. The second kappa shape index (κ2) is 8.87. The van der Waals surface area contributed by atoms with Crippen LogP contribution in [0.3, 0.4) is 0 Å². The predicted octanol–water partition coefficient (Wildman–Crippen LogP) is 5.45. The van der Waals surface area contributed by atoms with Crippen molar-refractivity contribution in [2.75, 3.05) is 5.01 Å². The lowest BCUT2D eigenvalue weighted by Gasteiger charge is -2.11. The Balaban J connectivity index is 1.75. The summed E-state index contributed by atoms with van der Waals surface area (Å²) in [6.07, 6.45) is -4.16. The van der Waals surface area contributed by atoms with Crippen molar-refractivity contribution in [2.45, 2.75) is 6.18 Å². The van der Waals surface area contributed by atoms with Gasteiger partial charge in [0.15, 0.2) is 5.71 Å². The zero-order valence-corrected chi connectivity index (χ0v) is 18.8. The topological polar surface area (TPSA) is 120 Å². The Bertz CT molecular complexity index is 1440. The van der Waals surface area contributed by atoms with Gasteiger partial charge in [-0.2, -0.15) is 23.3 Å². The molecule has 2 N–H and O–H groups in total. The van der Waals surface area contributed by atoms with Crippen LogP contribution in [0.5, 0.6) is 0 Å². The molecule has 0 fully saturated rings. The average molecular weight is 549 g/mol. The summed E-state index contributed by atoms with van der Waals surface area (Å²) in [5.74, 6) is -3.81. The summed E-state index contributed by atoms with van der Waals surface area (Å²) in [6.45, 7) is 0. The molecule has 0 radical (unpaired) electrons. The number of rotatable bonds is 5. The first-order chi connectivity index (χ1) is 16.5. The van der Waals surface area contributed by atoms with E-state index in [1.165, 1.54) is 42.5 Å². The predicted molar refractivity (Wildman–Crippen MR) is 121 cm³/mol. The van der Waals surface area contributed by atoms with E-state index in [1.807, 2.05) is 0 Å². The number of aromatic carboxylic acids is 2. The maximum absolute atomic E-state index is 13.7. The van der Waals surface area contributed by atoms with Crippen LogP contribution in [0, 0.1) is 0 Å². The lowest BCUT2D eigenvalue weighted by molar-refractivity contribution is -0.114. The Morgan fingerprint density at radius 1 is 1.03 bits per heavy atom. The van der Waals surface area contributed by atoms with E-state index in [2.05, 4.69) is 21.0 Å². The lowest BCUT2D eigenvalue weighted by atomic mass is 10.1. The van der Waals surface area contributed by atoms with Crippen molar-refractivity contribution < 1.29 is 42.2 Å². The molecule has 2 aromatic carbocycles. The molecule has 0 saturated heterocycles. The maximum Gasteiger partial charge on any atom is 0.435 e. The molecule has 0 atom stereocenters. The summed E-state index contributed by atoms with van der Waals surface area (Å²) in [6, 6.07) is 11.8. The number of hydrogen-bond acceptors (Lipinski definition) is 5. The first-order valence-electron chi connectivity index (χ1n) is 9.64. The van der Waals surface area contributed by atoms with E-state index < -0.39 is 35.3 Å². The van der Waals surface area contributed by atoms with Crippen molar-refractivity contribution in [3.63, 3.8) is 0 Å². The van der Waals surface area contributed by atoms with Crippen molar-refractivity contribution in [2.24, 2.45) is 5.10 Å². The molecule has 1 aromatic heterocycles. The van der Waals surface area contributed by atoms with Crippen LogP contribution in [0.4, 0.5) is 18.9 Å². The van der Waals surface area contributed by atoms with Crippen LogP contribution in [-0.4, -0.2) is 39.9 Å². The van der Waals surface area contributed by atoms with Crippen LogP contribution in [-0.2, 0) is 4.79 Å². The molecule has 2 heterocycles. The van der Waals surface area contributed by atoms with Crippen molar-refractivity contribution in [3.8, 4) is 11.3 Å². The second-order valence-electron chi connectivity index (χ2n) is 7.17. The van der Waals surface area contributed by atoms with Gasteiger partial charge in [0, 0.05) is 10.0 Å². The fraction of sp³-hybridized carbons (Fsp3) is 0.0435. The molecule has 1 aliphatic heterocycles. The Morgan fingerprint density at radius 3 is 2.43 bits per heavy atom. The monoisotopic (exact) mass is 548 g/mol. The van der Waals surface area contributed by atoms with Crippen LogP contribution in [0.25, 0.3) is 17.4 Å². The number of halogens is 4. The number of benzene rings is 2. The number of nitrogens with zero attached hydrogens (tertiary/aromatic N) is 2. The highest BCUT2D eigenvalue weighted by Crippen LogP contribution is 2.34. The largest absolute Gasteiger partial charge is 0.478 e. The van der Waals surface area contributed by atoms with Crippen molar-refractivity contribution in [3.05, 3.63) is 81.5 Å². The minimum Gasteiger partial charge on any atom is -0.478 e. The number of anilines is 1. The number of amides is 1. The Labute approximate surface area is 202 Å². The summed E-state index contributed by atoms with van der Waals surface area (Å²) >= 11 is 3.17. The van der Waals surface area contributed by atoms with Crippen LogP contribution < -0.4 is 5.01 Å². The fourth-order valence-corrected chi connectivity index (χ4v) is 3.69. The van der Waals surface area contributed by atoms with Gasteiger partial charge in [0.2, 0.25) is 0 Å². The second-order valence-corrected chi connectivity index (χ2v) is 8.09. The number of carboxylic acid groups (broad SMARTS) is 2. The SMILES string of the molecule is O=C(O)c1cccc(N2N=C(C(F)(F)F)C(=Cc3ccc(-c4ccc(Br)cc4C(=O)O)o3)C2=O)c1. The van der Waals surface area contributed by atoms with Crippen LogP contribution in [0.2, 0.25) is 0 Å². The molecule has 12 heteroatoms. The van der Waals surface area contributed by atoms with E-state index in [9.17, 15) is 32.7 Å². The zero-order chi connectivity index (χ0) is 25.5. The van der Waals surface area contributed by atoms with Crippen molar-refractivity contribution >= 4 is 51.3 Å². The van der Waals surface area contributed by atoms with Gasteiger partial charge in [0.05, 0.1) is 22.4 Å². The quantitative estimate of drug-likeness (QED) is 0.409. The van der Waals surface area contributed by atoms with Gasteiger partial charge in [-0.25, -0.2) is 9.59 Å². The minimum atomic E-state index is -5.00. The molecular weight excluding hydrogens is 537 g/mol. The normalized spacial score (nSPS) is 15.0. The van der Waals surface area contributed by atoms with Gasteiger partial charge in [-0.05, 0) is 54.6 Å². The smallest absolute Gasteiger partial charge is 0.435 e. The number of carbonyl (C=O) groups is 3. The number of alkyl halides is 3. The number of hydrogen-bond donors (Lipinski definition) is 2. The van der Waals surface area contributed by atoms with Crippen molar-refractivity contribution in [1.29, 1.82) is 0 Å². The Hall–Kier alpha value is -4.19. The molecule has 0 saturated carbocycles. The zero-order valence-electron chi connectivity index (χ0n) is 17.2. The molecule has 1 amide bonds. The van der Waals surface area contributed by atoms with Gasteiger partial charge in [-0.3, -0.25) is 4.79 Å². The third kappa shape index (κ3) is 4.73. The van der Waals surface area contributed by atoms with Crippen LogP contribution >= 0.6 is 15.9 Å². The summed E-state index contributed by atoms with van der Waals surface area (Å²) in [4.78, 5) is 35.6. The van der Waals surface area contributed by atoms with Gasteiger partial charge in [-0.1, -0.05) is 22.0 Å². The molecular formula is C23H12BrF3N2O6. The van der Waals surface area contributed by atoms with E-state index in [0.29, 0.717) is 9.48 Å². The van der Waals surface area contributed by atoms with Gasteiger partial charge in [-0.15, -0.1) is 0 Å². The molecule has 35 heavy (non-hydrogen) atoms. The third-order valence-electron chi connectivity index (χ3n) is 4.87. The standard InChI is InChI=1S/C23H12BrF3N2O6/c24-12-4-6-15(16(9-12)22(33)34)18-7-5-14(35-18)10-17-19(23(25,26)27)28-29(20(17)30)13-3-1-2-11(8-13)21(31)32/h1-10H,(H,31,32)(H,33,34). The molecule has 0 unspecified atom stereocenters. The first kappa shape index (κ1) is 24.0. The highest BCUT2D eigenvalue weighted by Gasteiger charge is 2.47. The molecule has 0 spiro atoms. The van der Waals surface area contributed by atoms with Gasteiger partial charge < -0.3 is 14.6 Å². The highest BCUT2D eigenvalue weighted by atomic mass is 79.9. The molecule has 4 rings (SSSR count). The molecule has 0 bridgehead atoms. The van der Waals surface area contributed by atoms with E-state index >= 15 is 0 Å². The number of hydrazone groups is 1. The van der Waals surface area contributed by atoms with E-state index in [1.54, 1.807) is 6.07 Å². The Kier molecular flexibility index (Phi) is 6.07. The third-order valence-corrected chi connectivity index (χ3v) is 5.37. The fourth-order valence-electron chi connectivity index (χ4n) is 3.33. The summed E-state index contributed by atoms with van der Waals surface area (Å²) < 4.78 is 47.1. The molecule has 8 nitrogen and oxygen atoms in total. The van der Waals surface area contributed by atoms with Gasteiger partial charge in [0.1, 0.15) is 11.5 Å². The number of furan rings is 1. The van der Waals surface area contributed by atoms with E-state index in [4.69, 9.17) is 9.52 Å².